The SMILES string of the molecule is C=C1[C@@H](CC=O)C[C@H]2C[C@@H]1C2(C)C. The van der Waals surface area contributed by atoms with Gasteiger partial charge in [-0.3, -0.25) is 0 Å². The van der Waals surface area contributed by atoms with E-state index in [0.717, 1.165) is 12.2 Å². The minimum absolute atomic E-state index is 0.469. The van der Waals surface area contributed by atoms with Crippen molar-refractivity contribution in [1.82, 2.24) is 0 Å². The van der Waals surface area contributed by atoms with E-state index in [-0.39, 0.29) is 0 Å². The van der Waals surface area contributed by atoms with Crippen molar-refractivity contribution in [2.24, 2.45) is 23.2 Å². The fraction of sp³-hybridized carbons (Fsp3) is 0.750. The average molecular weight is 178 g/mol. The Bertz CT molecular complexity index is 252. The van der Waals surface area contributed by atoms with Crippen LogP contribution >= 0.6 is 0 Å². The van der Waals surface area contributed by atoms with Crippen molar-refractivity contribution in [2.75, 3.05) is 0 Å². The number of carbonyl (C=O) groups excluding carboxylic acids is 1. The van der Waals surface area contributed by atoms with E-state index in [0.29, 0.717) is 23.7 Å². The Labute approximate surface area is 80.2 Å². The minimum atomic E-state index is 0.469. The van der Waals surface area contributed by atoms with Crippen LogP contribution in [0.3, 0.4) is 0 Å². The molecular formula is C12H18O. The summed E-state index contributed by atoms with van der Waals surface area (Å²) >= 11 is 0. The highest BCUT2D eigenvalue weighted by Gasteiger charge is 2.54. The van der Waals surface area contributed by atoms with Crippen molar-refractivity contribution >= 4 is 6.29 Å². The monoisotopic (exact) mass is 178 g/mol. The number of allylic oxidation sites excluding steroid dienone is 1. The van der Waals surface area contributed by atoms with Crippen LogP contribution in [0.25, 0.3) is 0 Å². The predicted octanol–water partition coefficient (Wildman–Crippen LogP) is 2.81. The second kappa shape index (κ2) is 2.70. The first-order chi connectivity index (χ1) is 6.07. The quantitative estimate of drug-likeness (QED) is 0.469. The van der Waals surface area contributed by atoms with Gasteiger partial charge in [0, 0.05) is 6.42 Å². The highest BCUT2D eigenvalue weighted by molar-refractivity contribution is 5.51. The Morgan fingerprint density at radius 2 is 2.23 bits per heavy atom. The van der Waals surface area contributed by atoms with Gasteiger partial charge in [-0.05, 0) is 36.0 Å². The molecule has 1 heteroatoms. The van der Waals surface area contributed by atoms with E-state index in [9.17, 15) is 4.79 Å². The van der Waals surface area contributed by atoms with Gasteiger partial charge < -0.3 is 4.79 Å². The summed E-state index contributed by atoms with van der Waals surface area (Å²) in [5, 5.41) is 0. The van der Waals surface area contributed by atoms with E-state index in [1.165, 1.54) is 18.4 Å². The first-order valence-corrected chi connectivity index (χ1v) is 5.19. The normalized spacial score (nSPS) is 41.1. The van der Waals surface area contributed by atoms with Crippen molar-refractivity contribution in [3.63, 3.8) is 0 Å². The van der Waals surface area contributed by atoms with Crippen LogP contribution in [-0.2, 0) is 4.79 Å². The first kappa shape index (κ1) is 8.98. The van der Waals surface area contributed by atoms with E-state index in [1.54, 1.807) is 0 Å². The number of carbonyl (C=O) groups is 1. The van der Waals surface area contributed by atoms with Gasteiger partial charge in [0.1, 0.15) is 6.29 Å². The van der Waals surface area contributed by atoms with Gasteiger partial charge in [0.05, 0.1) is 0 Å². The van der Waals surface area contributed by atoms with Gasteiger partial charge in [-0.2, -0.15) is 0 Å². The molecule has 0 saturated heterocycles. The van der Waals surface area contributed by atoms with E-state index in [1.807, 2.05) is 0 Å². The lowest BCUT2D eigenvalue weighted by Gasteiger charge is -2.60. The molecule has 0 heterocycles. The summed E-state index contributed by atoms with van der Waals surface area (Å²) in [7, 11) is 0. The second-order valence-corrected chi connectivity index (χ2v) is 5.22. The molecule has 0 aliphatic heterocycles. The molecule has 0 N–H and O–H groups in total. The Kier molecular flexibility index (Phi) is 1.86. The smallest absolute Gasteiger partial charge is 0.120 e. The number of fused-ring (bicyclic) bond motifs is 2. The maximum Gasteiger partial charge on any atom is 0.120 e. The highest BCUT2D eigenvalue weighted by Crippen LogP contribution is 2.62. The van der Waals surface area contributed by atoms with Gasteiger partial charge in [-0.1, -0.05) is 26.0 Å². The van der Waals surface area contributed by atoms with Gasteiger partial charge in [0.2, 0.25) is 0 Å². The van der Waals surface area contributed by atoms with E-state index < -0.39 is 0 Å². The molecule has 0 aromatic carbocycles. The van der Waals surface area contributed by atoms with E-state index in [4.69, 9.17) is 0 Å². The summed E-state index contributed by atoms with van der Waals surface area (Å²) in [6.07, 6.45) is 4.26. The number of rotatable bonds is 2. The lowest BCUT2D eigenvalue weighted by atomic mass is 9.45. The molecule has 3 aliphatic carbocycles. The fourth-order valence-electron chi connectivity index (χ4n) is 3.19. The molecule has 13 heavy (non-hydrogen) atoms. The van der Waals surface area contributed by atoms with Gasteiger partial charge in [0.25, 0.3) is 0 Å². The summed E-state index contributed by atoms with van der Waals surface area (Å²) in [4.78, 5) is 10.5. The second-order valence-electron chi connectivity index (χ2n) is 5.22. The van der Waals surface area contributed by atoms with Gasteiger partial charge >= 0.3 is 0 Å². The van der Waals surface area contributed by atoms with Gasteiger partial charge in [-0.15, -0.1) is 0 Å². The molecule has 3 saturated carbocycles. The summed E-state index contributed by atoms with van der Waals surface area (Å²) in [6.45, 7) is 8.85. The molecule has 0 spiro atoms. The molecule has 3 aliphatic rings. The molecule has 1 nitrogen and oxygen atoms in total. The van der Waals surface area contributed by atoms with Crippen LogP contribution in [0.4, 0.5) is 0 Å². The zero-order valence-corrected chi connectivity index (χ0v) is 8.55. The molecule has 3 atom stereocenters. The molecule has 3 fully saturated rings. The molecule has 0 amide bonds. The third-order valence-corrected chi connectivity index (χ3v) is 4.39. The van der Waals surface area contributed by atoms with Crippen LogP contribution < -0.4 is 0 Å². The van der Waals surface area contributed by atoms with Crippen LogP contribution in [0.2, 0.25) is 0 Å². The summed E-state index contributed by atoms with van der Waals surface area (Å²) in [6, 6.07) is 0. The van der Waals surface area contributed by atoms with Crippen molar-refractivity contribution in [2.45, 2.75) is 33.1 Å². The third-order valence-electron chi connectivity index (χ3n) is 4.39. The number of hydrogen-bond acceptors (Lipinski definition) is 1. The molecule has 0 radical (unpaired) electrons. The zero-order valence-electron chi connectivity index (χ0n) is 8.55. The zero-order chi connectivity index (χ0) is 9.64. The topological polar surface area (TPSA) is 17.1 Å². The predicted molar refractivity (Wildman–Crippen MR) is 53.3 cm³/mol. The third kappa shape index (κ3) is 1.09. The van der Waals surface area contributed by atoms with Crippen LogP contribution in [0.15, 0.2) is 12.2 Å². The van der Waals surface area contributed by atoms with Crippen molar-refractivity contribution < 1.29 is 4.79 Å². The molecule has 2 bridgehead atoms. The average Bonchev–Trinajstić information content (AvgIpc) is 2.08. The van der Waals surface area contributed by atoms with Gasteiger partial charge in [-0.25, -0.2) is 0 Å². The van der Waals surface area contributed by atoms with E-state index in [2.05, 4.69) is 20.4 Å². The Morgan fingerprint density at radius 1 is 1.54 bits per heavy atom. The summed E-state index contributed by atoms with van der Waals surface area (Å²) in [5.41, 5.74) is 1.82. The lowest BCUT2D eigenvalue weighted by molar-refractivity contribution is -0.110. The summed E-state index contributed by atoms with van der Waals surface area (Å²) < 4.78 is 0. The van der Waals surface area contributed by atoms with Crippen LogP contribution in [0.5, 0.6) is 0 Å². The molecule has 0 unspecified atom stereocenters. The lowest BCUT2D eigenvalue weighted by Crippen LogP contribution is -2.51. The largest absolute Gasteiger partial charge is 0.303 e. The standard InChI is InChI=1S/C12H18O/c1-8-9(4-5-13)6-10-7-11(8)12(10,2)3/h5,9-11H,1,4,6-7H2,2-3H3/t9-,10-,11-/m0/s1. The molecule has 3 rings (SSSR count). The highest BCUT2D eigenvalue weighted by atomic mass is 16.1. The molecule has 72 valence electrons. The number of aldehydes is 1. The molecule has 0 aromatic heterocycles. The van der Waals surface area contributed by atoms with Crippen LogP contribution in [-0.4, -0.2) is 6.29 Å². The fourth-order valence-corrected chi connectivity index (χ4v) is 3.19. The van der Waals surface area contributed by atoms with Crippen LogP contribution in [0.1, 0.15) is 33.1 Å². The van der Waals surface area contributed by atoms with Crippen molar-refractivity contribution in [3.8, 4) is 0 Å². The maximum atomic E-state index is 10.5. The van der Waals surface area contributed by atoms with Crippen molar-refractivity contribution in [1.29, 1.82) is 0 Å². The van der Waals surface area contributed by atoms with Crippen molar-refractivity contribution in [3.05, 3.63) is 12.2 Å². The minimum Gasteiger partial charge on any atom is -0.303 e. The van der Waals surface area contributed by atoms with Crippen LogP contribution in [0, 0.1) is 23.2 Å². The molecule has 0 aromatic rings. The summed E-state index contributed by atoms with van der Waals surface area (Å²) in [5.74, 6) is 2.03. The first-order valence-electron chi connectivity index (χ1n) is 5.19. The van der Waals surface area contributed by atoms with Gasteiger partial charge in [0.15, 0.2) is 0 Å². The Balaban J connectivity index is 2.12. The maximum absolute atomic E-state index is 10.5. The Hall–Kier alpha value is -0.590. The van der Waals surface area contributed by atoms with E-state index >= 15 is 0 Å². The Morgan fingerprint density at radius 3 is 2.69 bits per heavy atom. The number of hydrogen-bond donors (Lipinski definition) is 0. The molecular weight excluding hydrogens is 160 g/mol.